The van der Waals surface area contributed by atoms with Crippen molar-refractivity contribution in [1.82, 2.24) is 5.32 Å². The molecule has 0 spiro atoms. The van der Waals surface area contributed by atoms with Crippen LogP contribution in [0.4, 0.5) is 14.5 Å². The van der Waals surface area contributed by atoms with E-state index >= 15 is 0 Å². The zero-order chi connectivity index (χ0) is 20.8. The van der Waals surface area contributed by atoms with Crippen LogP contribution in [0.1, 0.15) is 43.7 Å². The third-order valence-electron chi connectivity index (χ3n) is 5.11. The van der Waals surface area contributed by atoms with Crippen LogP contribution >= 0.6 is 0 Å². The number of para-hydroxylation sites is 1. The molecular formula is C23H22F2N2O2. The van der Waals surface area contributed by atoms with Crippen molar-refractivity contribution in [3.05, 3.63) is 65.7 Å². The molecule has 0 bridgehead atoms. The van der Waals surface area contributed by atoms with Crippen molar-refractivity contribution >= 4 is 17.5 Å². The van der Waals surface area contributed by atoms with E-state index in [0.717, 1.165) is 43.1 Å². The first-order valence-electron chi connectivity index (χ1n) is 9.62. The molecule has 0 saturated heterocycles. The van der Waals surface area contributed by atoms with Gasteiger partial charge in [0.15, 0.2) is 0 Å². The molecule has 1 atom stereocenters. The predicted octanol–water partition coefficient (Wildman–Crippen LogP) is 4.12. The lowest BCUT2D eigenvalue weighted by Crippen LogP contribution is -2.47. The molecule has 2 amide bonds. The molecule has 2 aromatic rings. The van der Waals surface area contributed by atoms with E-state index in [-0.39, 0.29) is 17.3 Å². The fourth-order valence-corrected chi connectivity index (χ4v) is 3.70. The molecule has 0 unspecified atom stereocenters. The number of hydrogen-bond acceptors (Lipinski definition) is 2. The van der Waals surface area contributed by atoms with Crippen LogP contribution in [0, 0.1) is 24.0 Å². The highest BCUT2D eigenvalue weighted by Crippen LogP contribution is 2.32. The molecule has 29 heavy (non-hydrogen) atoms. The Morgan fingerprint density at radius 1 is 1.00 bits per heavy atom. The van der Waals surface area contributed by atoms with Gasteiger partial charge in [0.2, 0.25) is 5.91 Å². The van der Waals surface area contributed by atoms with Gasteiger partial charge in [-0.1, -0.05) is 49.6 Å². The van der Waals surface area contributed by atoms with Crippen molar-refractivity contribution in [3.8, 4) is 12.3 Å². The second-order valence-corrected chi connectivity index (χ2v) is 7.04. The maximum Gasteiger partial charge on any atom is 0.303 e. The van der Waals surface area contributed by atoms with Crippen LogP contribution in [-0.4, -0.2) is 17.9 Å². The number of benzene rings is 2. The lowest BCUT2D eigenvalue weighted by Gasteiger charge is -2.32. The fraction of sp³-hybridized carbons (Fsp3) is 0.304. The number of carbonyl (C=O) groups is 2. The first-order valence-corrected chi connectivity index (χ1v) is 9.62. The van der Waals surface area contributed by atoms with Gasteiger partial charge in [0, 0.05) is 11.6 Å². The van der Waals surface area contributed by atoms with Gasteiger partial charge < -0.3 is 5.32 Å². The Kier molecular flexibility index (Phi) is 6.61. The van der Waals surface area contributed by atoms with Crippen LogP contribution in [0.5, 0.6) is 0 Å². The first-order chi connectivity index (χ1) is 14.0. The van der Waals surface area contributed by atoms with E-state index in [0.29, 0.717) is 0 Å². The smallest absolute Gasteiger partial charge is 0.303 e. The molecule has 4 nitrogen and oxygen atoms in total. The Balaban J connectivity index is 2.08. The number of carbonyl (C=O) groups excluding carboxylic acids is 2. The van der Waals surface area contributed by atoms with E-state index in [4.69, 9.17) is 6.42 Å². The quantitative estimate of drug-likeness (QED) is 0.773. The number of nitrogens with one attached hydrogen (secondary N) is 1. The lowest BCUT2D eigenvalue weighted by molar-refractivity contribution is -0.126. The van der Waals surface area contributed by atoms with E-state index in [2.05, 4.69) is 5.32 Å². The third-order valence-corrected chi connectivity index (χ3v) is 5.11. The van der Waals surface area contributed by atoms with Crippen molar-refractivity contribution in [2.75, 3.05) is 4.90 Å². The minimum Gasteiger partial charge on any atom is -0.351 e. The molecule has 1 aliphatic carbocycles. The largest absolute Gasteiger partial charge is 0.351 e. The molecule has 0 radical (unpaired) electrons. The summed E-state index contributed by atoms with van der Waals surface area (Å²) in [5.41, 5.74) is -0.227. The van der Waals surface area contributed by atoms with Crippen LogP contribution in [0.15, 0.2) is 48.5 Å². The number of anilines is 1. The van der Waals surface area contributed by atoms with Gasteiger partial charge in [-0.25, -0.2) is 8.78 Å². The van der Waals surface area contributed by atoms with Gasteiger partial charge in [-0.3, -0.25) is 14.5 Å². The maximum atomic E-state index is 14.7. The van der Waals surface area contributed by atoms with Crippen LogP contribution in [0.25, 0.3) is 0 Å². The molecule has 1 saturated carbocycles. The van der Waals surface area contributed by atoms with Crippen molar-refractivity contribution in [2.45, 2.75) is 44.2 Å². The van der Waals surface area contributed by atoms with Gasteiger partial charge in [0.25, 0.3) is 0 Å². The minimum absolute atomic E-state index is 0.0485. The highest BCUT2D eigenvalue weighted by Gasteiger charge is 2.36. The Morgan fingerprint density at radius 3 is 2.24 bits per heavy atom. The SMILES string of the molecule is C#CC(=O)N(c1ccccc1F)[C@H](C(=O)NC1CCCCC1)c1ccccc1F. The predicted molar refractivity (Wildman–Crippen MR) is 107 cm³/mol. The molecule has 1 fully saturated rings. The second kappa shape index (κ2) is 9.33. The molecule has 1 aliphatic rings. The number of terminal acetylenes is 1. The number of amides is 2. The lowest BCUT2D eigenvalue weighted by atomic mass is 9.94. The van der Waals surface area contributed by atoms with E-state index in [1.54, 1.807) is 6.07 Å². The zero-order valence-electron chi connectivity index (χ0n) is 15.9. The summed E-state index contributed by atoms with van der Waals surface area (Å²) >= 11 is 0. The van der Waals surface area contributed by atoms with Gasteiger partial charge in [-0.05, 0) is 37.0 Å². The summed E-state index contributed by atoms with van der Waals surface area (Å²) in [6.07, 6.45) is 9.98. The zero-order valence-corrected chi connectivity index (χ0v) is 15.9. The van der Waals surface area contributed by atoms with Crippen LogP contribution in [0.3, 0.4) is 0 Å². The number of hydrogen-bond donors (Lipinski definition) is 1. The Hall–Kier alpha value is -3.20. The van der Waals surface area contributed by atoms with Gasteiger partial charge in [-0.2, -0.15) is 0 Å². The summed E-state index contributed by atoms with van der Waals surface area (Å²) in [5.74, 6) is -0.992. The monoisotopic (exact) mass is 396 g/mol. The molecule has 0 aromatic heterocycles. The topological polar surface area (TPSA) is 49.4 Å². The normalized spacial score (nSPS) is 15.2. The summed E-state index contributed by atoms with van der Waals surface area (Å²) < 4.78 is 29.2. The highest BCUT2D eigenvalue weighted by atomic mass is 19.1. The van der Waals surface area contributed by atoms with Crippen molar-refractivity contribution in [1.29, 1.82) is 0 Å². The number of halogens is 2. The first kappa shape index (κ1) is 20.5. The van der Waals surface area contributed by atoms with E-state index in [1.165, 1.54) is 36.4 Å². The summed E-state index contributed by atoms with van der Waals surface area (Å²) in [5, 5.41) is 2.90. The summed E-state index contributed by atoms with van der Waals surface area (Å²) in [6.45, 7) is 0. The van der Waals surface area contributed by atoms with Gasteiger partial charge in [0.1, 0.15) is 17.7 Å². The Bertz CT molecular complexity index is 932. The van der Waals surface area contributed by atoms with E-state index < -0.39 is 29.5 Å². The fourth-order valence-electron chi connectivity index (χ4n) is 3.70. The molecule has 2 aromatic carbocycles. The molecule has 0 heterocycles. The molecular weight excluding hydrogens is 374 g/mol. The van der Waals surface area contributed by atoms with Gasteiger partial charge >= 0.3 is 5.91 Å². The summed E-state index contributed by atoms with van der Waals surface area (Å²) in [4.78, 5) is 26.7. The van der Waals surface area contributed by atoms with E-state index in [1.807, 2.05) is 5.92 Å². The average molecular weight is 396 g/mol. The van der Waals surface area contributed by atoms with Gasteiger partial charge in [-0.15, -0.1) is 6.42 Å². The molecule has 0 aliphatic heterocycles. The molecule has 1 N–H and O–H groups in total. The summed E-state index contributed by atoms with van der Waals surface area (Å²) in [6, 6.07) is 9.59. The van der Waals surface area contributed by atoms with Crippen molar-refractivity contribution in [2.24, 2.45) is 0 Å². The van der Waals surface area contributed by atoms with Crippen molar-refractivity contribution < 1.29 is 18.4 Å². The van der Waals surface area contributed by atoms with Crippen LogP contribution < -0.4 is 10.2 Å². The maximum absolute atomic E-state index is 14.7. The van der Waals surface area contributed by atoms with Gasteiger partial charge in [0.05, 0.1) is 5.69 Å². The summed E-state index contributed by atoms with van der Waals surface area (Å²) in [7, 11) is 0. The minimum atomic E-state index is -1.43. The standard InChI is InChI=1S/C23H22F2N2O2/c1-2-21(28)27(20-15-9-8-14-19(20)25)22(17-12-6-7-13-18(17)24)23(29)26-16-10-4-3-5-11-16/h1,6-9,12-16,22H,3-5,10-11H2,(H,26,29)/t22-/m0/s1. The third kappa shape index (κ3) is 4.62. The Labute approximate surface area is 168 Å². The second-order valence-electron chi connectivity index (χ2n) is 7.04. The van der Waals surface area contributed by atoms with E-state index in [9.17, 15) is 18.4 Å². The van der Waals surface area contributed by atoms with Crippen LogP contribution in [-0.2, 0) is 9.59 Å². The molecule has 150 valence electrons. The highest BCUT2D eigenvalue weighted by molar-refractivity contribution is 6.09. The number of nitrogens with zero attached hydrogens (tertiary/aromatic N) is 1. The number of rotatable bonds is 5. The van der Waals surface area contributed by atoms with Crippen molar-refractivity contribution in [3.63, 3.8) is 0 Å². The molecule has 3 rings (SSSR count). The average Bonchev–Trinajstić information content (AvgIpc) is 2.73. The Morgan fingerprint density at radius 2 is 1.62 bits per heavy atom. The molecule has 6 heteroatoms. The van der Waals surface area contributed by atoms with Crippen LogP contribution in [0.2, 0.25) is 0 Å².